The number of carbonyl (C=O) groups excluding carboxylic acids is 1. The smallest absolute Gasteiger partial charge is 0.312 e. The fraction of sp³-hybridized carbons (Fsp3) is 0.944. The average Bonchev–Trinajstić information content (AvgIpc) is 2.43. The van der Waals surface area contributed by atoms with Gasteiger partial charge in [0.2, 0.25) is 0 Å². The van der Waals surface area contributed by atoms with Crippen LogP contribution in [0.4, 0.5) is 0 Å². The van der Waals surface area contributed by atoms with Gasteiger partial charge in [-0.15, -0.1) is 0 Å². The van der Waals surface area contributed by atoms with Gasteiger partial charge in [-0.05, 0) is 59.3 Å². The van der Waals surface area contributed by atoms with Crippen LogP contribution in [0, 0.1) is 10.8 Å². The van der Waals surface area contributed by atoms with Gasteiger partial charge in [0.25, 0.3) is 0 Å². The molecule has 0 amide bonds. The van der Waals surface area contributed by atoms with E-state index in [4.69, 9.17) is 4.74 Å². The third-order valence-corrected chi connectivity index (χ3v) is 6.25. The predicted octanol–water partition coefficient (Wildman–Crippen LogP) is 5.25. The molecule has 0 aromatic heterocycles. The first kappa shape index (κ1) is 15.9. The van der Waals surface area contributed by atoms with E-state index in [0.717, 1.165) is 12.8 Å². The van der Waals surface area contributed by atoms with Crippen molar-refractivity contribution in [3.05, 3.63) is 0 Å². The van der Waals surface area contributed by atoms with Gasteiger partial charge in [-0.3, -0.25) is 4.79 Å². The number of esters is 1. The van der Waals surface area contributed by atoms with Gasteiger partial charge in [0, 0.05) is 5.41 Å². The third kappa shape index (κ3) is 2.76. The Morgan fingerprint density at radius 2 is 1.50 bits per heavy atom. The fourth-order valence-corrected chi connectivity index (χ4v) is 4.11. The molecule has 0 saturated heterocycles. The molecular weight excluding hydrogens is 248 g/mol. The van der Waals surface area contributed by atoms with Crippen molar-refractivity contribution < 1.29 is 9.53 Å². The van der Waals surface area contributed by atoms with E-state index in [1.54, 1.807) is 0 Å². The van der Waals surface area contributed by atoms with Gasteiger partial charge in [0.05, 0.1) is 5.41 Å². The lowest BCUT2D eigenvalue weighted by Gasteiger charge is -2.53. The highest BCUT2D eigenvalue weighted by Crippen LogP contribution is 2.55. The standard InChI is InChI=1S/C18H32O2/c1-5-16(2,3)15(19)20-17(4)11-9-10-14-18(17)12-7-6-8-13-18/h5-14H2,1-4H3. The molecule has 2 aliphatic rings. The molecule has 2 rings (SSSR count). The molecule has 20 heavy (non-hydrogen) atoms. The van der Waals surface area contributed by atoms with Crippen molar-refractivity contribution in [3.8, 4) is 0 Å². The van der Waals surface area contributed by atoms with Crippen LogP contribution in [-0.4, -0.2) is 11.6 Å². The lowest BCUT2D eigenvalue weighted by molar-refractivity contribution is -0.196. The summed E-state index contributed by atoms with van der Waals surface area (Å²) in [6.45, 7) is 8.31. The molecule has 2 fully saturated rings. The van der Waals surface area contributed by atoms with Crippen molar-refractivity contribution in [2.24, 2.45) is 10.8 Å². The zero-order chi connectivity index (χ0) is 14.9. The summed E-state index contributed by atoms with van der Waals surface area (Å²) in [7, 11) is 0. The minimum Gasteiger partial charge on any atom is -0.458 e. The summed E-state index contributed by atoms with van der Waals surface area (Å²) in [6.07, 6.45) is 12.1. The summed E-state index contributed by atoms with van der Waals surface area (Å²) in [4.78, 5) is 12.6. The number of ether oxygens (including phenoxy) is 1. The Kier molecular flexibility index (Phi) is 4.51. The van der Waals surface area contributed by atoms with Crippen LogP contribution in [0.25, 0.3) is 0 Å². The van der Waals surface area contributed by atoms with Gasteiger partial charge in [0.15, 0.2) is 0 Å². The summed E-state index contributed by atoms with van der Waals surface area (Å²) in [5.41, 5.74) is -0.311. The van der Waals surface area contributed by atoms with E-state index >= 15 is 0 Å². The minimum absolute atomic E-state index is 0.00866. The molecular formula is C18H32O2. The molecule has 0 aromatic carbocycles. The van der Waals surface area contributed by atoms with E-state index in [0.29, 0.717) is 0 Å². The highest BCUT2D eigenvalue weighted by molar-refractivity contribution is 5.76. The first-order valence-electron chi connectivity index (χ1n) is 8.59. The van der Waals surface area contributed by atoms with Gasteiger partial charge in [-0.25, -0.2) is 0 Å². The monoisotopic (exact) mass is 280 g/mol. The van der Waals surface area contributed by atoms with Gasteiger partial charge in [0.1, 0.15) is 5.60 Å². The molecule has 116 valence electrons. The van der Waals surface area contributed by atoms with Crippen molar-refractivity contribution >= 4 is 5.97 Å². The summed E-state index contributed by atoms with van der Waals surface area (Å²) >= 11 is 0. The fourth-order valence-electron chi connectivity index (χ4n) is 4.11. The second kappa shape index (κ2) is 5.69. The largest absolute Gasteiger partial charge is 0.458 e. The second-order valence-electron chi connectivity index (χ2n) is 7.91. The maximum absolute atomic E-state index is 12.6. The summed E-state index contributed by atoms with van der Waals surface area (Å²) in [5.74, 6) is 0.00866. The highest BCUT2D eigenvalue weighted by Gasteiger charge is 2.53. The average molecular weight is 280 g/mol. The van der Waals surface area contributed by atoms with Gasteiger partial charge >= 0.3 is 5.97 Å². The van der Waals surface area contributed by atoms with Crippen molar-refractivity contribution in [1.29, 1.82) is 0 Å². The first-order valence-corrected chi connectivity index (χ1v) is 8.59. The maximum atomic E-state index is 12.6. The molecule has 1 unspecified atom stereocenters. The Morgan fingerprint density at radius 3 is 2.05 bits per heavy atom. The van der Waals surface area contributed by atoms with Crippen LogP contribution in [0.15, 0.2) is 0 Å². The van der Waals surface area contributed by atoms with E-state index in [1.165, 1.54) is 51.4 Å². The minimum atomic E-state index is -0.351. The lowest BCUT2D eigenvalue weighted by Crippen LogP contribution is -2.53. The summed E-state index contributed by atoms with van der Waals surface area (Å²) < 4.78 is 6.19. The summed E-state index contributed by atoms with van der Waals surface area (Å²) in [5, 5.41) is 0. The van der Waals surface area contributed by atoms with Crippen LogP contribution < -0.4 is 0 Å². The Morgan fingerprint density at radius 1 is 1.00 bits per heavy atom. The van der Waals surface area contributed by atoms with Gasteiger partial charge in [-0.1, -0.05) is 32.6 Å². The van der Waals surface area contributed by atoms with E-state index in [9.17, 15) is 4.79 Å². The van der Waals surface area contributed by atoms with Crippen molar-refractivity contribution in [1.82, 2.24) is 0 Å². The van der Waals surface area contributed by atoms with Crippen LogP contribution in [0.1, 0.15) is 91.9 Å². The van der Waals surface area contributed by atoms with Crippen LogP contribution in [0.5, 0.6) is 0 Å². The number of carbonyl (C=O) groups is 1. The number of rotatable bonds is 3. The van der Waals surface area contributed by atoms with Crippen LogP contribution in [-0.2, 0) is 9.53 Å². The Hall–Kier alpha value is -0.530. The Bertz CT molecular complexity index is 344. The van der Waals surface area contributed by atoms with Crippen LogP contribution in [0.3, 0.4) is 0 Å². The molecule has 0 heterocycles. The SMILES string of the molecule is CCC(C)(C)C(=O)OC1(C)CCCCC12CCCCC2. The predicted molar refractivity (Wildman–Crippen MR) is 82.6 cm³/mol. The molecule has 2 nitrogen and oxygen atoms in total. The maximum Gasteiger partial charge on any atom is 0.312 e. The van der Waals surface area contributed by atoms with E-state index in [-0.39, 0.29) is 22.4 Å². The van der Waals surface area contributed by atoms with Crippen molar-refractivity contribution in [2.45, 2.75) is 97.5 Å². The number of hydrogen-bond acceptors (Lipinski definition) is 2. The van der Waals surface area contributed by atoms with Crippen molar-refractivity contribution in [3.63, 3.8) is 0 Å². The number of hydrogen-bond donors (Lipinski definition) is 0. The molecule has 1 atom stereocenters. The van der Waals surface area contributed by atoms with E-state index in [2.05, 4.69) is 13.8 Å². The highest BCUT2D eigenvalue weighted by atomic mass is 16.6. The van der Waals surface area contributed by atoms with Crippen LogP contribution >= 0.6 is 0 Å². The molecule has 2 heteroatoms. The van der Waals surface area contributed by atoms with Gasteiger partial charge in [-0.2, -0.15) is 0 Å². The first-order chi connectivity index (χ1) is 9.35. The normalized spacial score (nSPS) is 30.2. The van der Waals surface area contributed by atoms with E-state index < -0.39 is 0 Å². The van der Waals surface area contributed by atoms with Gasteiger partial charge < -0.3 is 4.74 Å². The molecule has 1 spiro atoms. The summed E-state index contributed by atoms with van der Waals surface area (Å²) in [6, 6.07) is 0. The molecule has 0 aliphatic heterocycles. The van der Waals surface area contributed by atoms with Crippen molar-refractivity contribution in [2.75, 3.05) is 0 Å². The molecule has 0 bridgehead atoms. The second-order valence-corrected chi connectivity index (χ2v) is 7.91. The van der Waals surface area contributed by atoms with Crippen LogP contribution in [0.2, 0.25) is 0 Å². The molecule has 0 radical (unpaired) electrons. The molecule has 0 aromatic rings. The zero-order valence-electron chi connectivity index (χ0n) is 13.9. The molecule has 0 N–H and O–H groups in total. The third-order valence-electron chi connectivity index (χ3n) is 6.25. The van der Waals surface area contributed by atoms with E-state index in [1.807, 2.05) is 13.8 Å². The quantitative estimate of drug-likeness (QED) is 0.660. The topological polar surface area (TPSA) is 26.3 Å². The molecule has 2 saturated carbocycles. The zero-order valence-corrected chi connectivity index (χ0v) is 13.9. The molecule has 2 aliphatic carbocycles. The Labute approximate surface area is 124 Å². The lowest BCUT2D eigenvalue weighted by atomic mass is 9.57. The Balaban J connectivity index is 2.18.